The standard InChI is InChI=1S/C18H21N3O4/c1-11-15(18(23-3)20(2)19-11)13-7-5-9-21(13)17(22)12-6-4-8-14-16(12)25-10-24-14/h4,6,8,13H,5,7,9-10H2,1-3H3. The van der Waals surface area contributed by atoms with Gasteiger partial charge in [-0.15, -0.1) is 0 Å². The first kappa shape index (κ1) is 15.8. The van der Waals surface area contributed by atoms with Gasteiger partial charge in [0.2, 0.25) is 12.7 Å². The lowest BCUT2D eigenvalue weighted by Gasteiger charge is -2.25. The maximum absolute atomic E-state index is 13.2. The molecule has 2 aromatic rings. The first-order valence-electron chi connectivity index (χ1n) is 8.39. The van der Waals surface area contributed by atoms with Gasteiger partial charge in [0.25, 0.3) is 5.91 Å². The summed E-state index contributed by atoms with van der Waals surface area (Å²) in [6.45, 7) is 2.81. The van der Waals surface area contributed by atoms with Crippen LogP contribution in [-0.4, -0.2) is 41.0 Å². The van der Waals surface area contributed by atoms with Crippen molar-refractivity contribution in [3.8, 4) is 17.4 Å². The fourth-order valence-corrected chi connectivity index (χ4v) is 3.84. The number of fused-ring (bicyclic) bond motifs is 1. The van der Waals surface area contributed by atoms with Crippen LogP contribution in [0, 0.1) is 6.92 Å². The molecule has 0 N–H and O–H groups in total. The van der Waals surface area contributed by atoms with E-state index in [-0.39, 0.29) is 18.7 Å². The van der Waals surface area contributed by atoms with Gasteiger partial charge >= 0.3 is 0 Å². The van der Waals surface area contributed by atoms with E-state index < -0.39 is 0 Å². The summed E-state index contributed by atoms with van der Waals surface area (Å²) in [4.78, 5) is 15.1. The number of likely N-dealkylation sites (tertiary alicyclic amines) is 1. The molecule has 7 nitrogen and oxygen atoms in total. The van der Waals surface area contributed by atoms with Gasteiger partial charge < -0.3 is 19.1 Å². The Labute approximate surface area is 146 Å². The van der Waals surface area contributed by atoms with Gasteiger partial charge in [0, 0.05) is 13.6 Å². The molecule has 0 saturated carbocycles. The third-order valence-corrected chi connectivity index (χ3v) is 4.88. The van der Waals surface area contributed by atoms with E-state index in [0.29, 0.717) is 29.5 Å². The number of carbonyl (C=O) groups is 1. The van der Waals surface area contributed by atoms with Crippen molar-refractivity contribution in [2.24, 2.45) is 7.05 Å². The van der Waals surface area contributed by atoms with E-state index in [2.05, 4.69) is 5.10 Å². The number of rotatable bonds is 3. The Morgan fingerprint density at radius 3 is 3.00 bits per heavy atom. The number of nitrogens with zero attached hydrogens (tertiary/aromatic N) is 3. The van der Waals surface area contributed by atoms with Crippen LogP contribution < -0.4 is 14.2 Å². The molecule has 2 aliphatic rings. The number of carbonyl (C=O) groups excluding carboxylic acids is 1. The van der Waals surface area contributed by atoms with Crippen molar-refractivity contribution in [1.82, 2.24) is 14.7 Å². The van der Waals surface area contributed by atoms with Crippen LogP contribution in [0.25, 0.3) is 0 Å². The summed E-state index contributed by atoms with van der Waals surface area (Å²) in [5, 5.41) is 4.46. The normalized spacial score (nSPS) is 18.7. The Bertz CT molecular complexity index is 830. The van der Waals surface area contributed by atoms with Crippen LogP contribution in [0.2, 0.25) is 0 Å². The van der Waals surface area contributed by atoms with E-state index >= 15 is 0 Å². The van der Waals surface area contributed by atoms with Gasteiger partial charge in [0.15, 0.2) is 11.5 Å². The second-order valence-electron chi connectivity index (χ2n) is 6.33. The van der Waals surface area contributed by atoms with E-state index in [4.69, 9.17) is 14.2 Å². The summed E-state index contributed by atoms with van der Waals surface area (Å²) in [5.74, 6) is 1.82. The molecule has 0 radical (unpaired) electrons. The largest absolute Gasteiger partial charge is 0.481 e. The summed E-state index contributed by atoms with van der Waals surface area (Å²) in [6.07, 6.45) is 1.83. The van der Waals surface area contributed by atoms with Gasteiger partial charge in [-0.05, 0) is 31.9 Å². The molecule has 4 rings (SSSR count). The van der Waals surface area contributed by atoms with E-state index in [9.17, 15) is 4.79 Å². The topological polar surface area (TPSA) is 65.8 Å². The van der Waals surface area contributed by atoms with Gasteiger partial charge in [-0.1, -0.05) is 6.07 Å². The molecule has 1 saturated heterocycles. The number of para-hydroxylation sites is 1. The molecular weight excluding hydrogens is 322 g/mol. The molecule has 0 aliphatic carbocycles. The zero-order valence-corrected chi connectivity index (χ0v) is 14.6. The second kappa shape index (κ2) is 5.98. The van der Waals surface area contributed by atoms with Crippen LogP contribution >= 0.6 is 0 Å². The lowest BCUT2D eigenvalue weighted by molar-refractivity contribution is 0.0729. The predicted molar refractivity (Wildman–Crippen MR) is 90.1 cm³/mol. The highest BCUT2D eigenvalue weighted by molar-refractivity contribution is 5.98. The van der Waals surface area contributed by atoms with Crippen molar-refractivity contribution >= 4 is 5.91 Å². The molecule has 1 aromatic carbocycles. The van der Waals surface area contributed by atoms with Crippen molar-refractivity contribution in [2.75, 3.05) is 20.4 Å². The number of hydrogen-bond donors (Lipinski definition) is 0. The quantitative estimate of drug-likeness (QED) is 0.856. The van der Waals surface area contributed by atoms with Gasteiger partial charge in [0.05, 0.1) is 30.0 Å². The molecule has 7 heteroatoms. The molecule has 132 valence electrons. The number of aryl methyl sites for hydroxylation is 2. The minimum atomic E-state index is -0.0469. The molecule has 2 aliphatic heterocycles. The van der Waals surface area contributed by atoms with Gasteiger partial charge in [-0.25, -0.2) is 4.68 Å². The lowest BCUT2D eigenvalue weighted by Crippen LogP contribution is -2.31. The molecule has 1 amide bonds. The molecular formula is C18H21N3O4. The highest BCUT2D eigenvalue weighted by Gasteiger charge is 2.37. The van der Waals surface area contributed by atoms with Crippen molar-refractivity contribution in [3.05, 3.63) is 35.0 Å². The lowest BCUT2D eigenvalue weighted by atomic mass is 10.0. The average Bonchev–Trinajstić information content (AvgIpc) is 3.31. The number of benzene rings is 1. The Kier molecular flexibility index (Phi) is 3.78. The minimum absolute atomic E-state index is 0.0462. The van der Waals surface area contributed by atoms with Crippen LogP contribution in [0.3, 0.4) is 0 Å². The number of hydrogen-bond acceptors (Lipinski definition) is 5. The molecule has 1 aromatic heterocycles. The molecule has 1 atom stereocenters. The molecule has 1 fully saturated rings. The van der Waals surface area contributed by atoms with Crippen molar-refractivity contribution in [3.63, 3.8) is 0 Å². The van der Waals surface area contributed by atoms with Gasteiger partial charge in [-0.3, -0.25) is 4.79 Å². The van der Waals surface area contributed by atoms with E-state index in [1.165, 1.54) is 0 Å². The number of ether oxygens (including phenoxy) is 3. The average molecular weight is 343 g/mol. The Balaban J connectivity index is 1.71. The monoisotopic (exact) mass is 343 g/mol. The highest BCUT2D eigenvalue weighted by atomic mass is 16.7. The van der Waals surface area contributed by atoms with Crippen LogP contribution in [0.5, 0.6) is 17.4 Å². The van der Waals surface area contributed by atoms with Gasteiger partial charge in [0.1, 0.15) is 0 Å². The van der Waals surface area contributed by atoms with Crippen LogP contribution in [0.15, 0.2) is 18.2 Å². The third-order valence-electron chi connectivity index (χ3n) is 4.88. The Hall–Kier alpha value is -2.70. The highest BCUT2D eigenvalue weighted by Crippen LogP contribution is 2.42. The van der Waals surface area contributed by atoms with Crippen LogP contribution in [-0.2, 0) is 7.05 Å². The second-order valence-corrected chi connectivity index (χ2v) is 6.33. The third kappa shape index (κ3) is 2.42. The zero-order valence-electron chi connectivity index (χ0n) is 14.6. The molecule has 3 heterocycles. The summed E-state index contributed by atoms with van der Waals surface area (Å²) in [7, 11) is 3.49. The molecule has 1 unspecified atom stereocenters. The fraction of sp³-hybridized carbons (Fsp3) is 0.444. The first-order chi connectivity index (χ1) is 12.1. The molecule has 25 heavy (non-hydrogen) atoms. The van der Waals surface area contributed by atoms with Crippen LogP contribution in [0.1, 0.15) is 40.5 Å². The van der Waals surface area contributed by atoms with E-state index in [1.54, 1.807) is 17.9 Å². The first-order valence-corrected chi connectivity index (χ1v) is 8.39. The Morgan fingerprint density at radius 1 is 1.36 bits per heavy atom. The smallest absolute Gasteiger partial charge is 0.258 e. The zero-order chi connectivity index (χ0) is 17.6. The van der Waals surface area contributed by atoms with E-state index in [1.807, 2.05) is 31.0 Å². The van der Waals surface area contributed by atoms with Crippen LogP contribution in [0.4, 0.5) is 0 Å². The summed E-state index contributed by atoms with van der Waals surface area (Å²) in [6, 6.07) is 5.38. The fourth-order valence-electron chi connectivity index (χ4n) is 3.84. The molecule has 0 spiro atoms. The maximum Gasteiger partial charge on any atom is 0.258 e. The van der Waals surface area contributed by atoms with Crippen molar-refractivity contribution in [1.29, 1.82) is 0 Å². The van der Waals surface area contributed by atoms with Crippen molar-refractivity contribution in [2.45, 2.75) is 25.8 Å². The maximum atomic E-state index is 13.2. The minimum Gasteiger partial charge on any atom is -0.481 e. The SMILES string of the molecule is COc1c(C2CCCN2C(=O)c2cccc3c2OCO3)c(C)nn1C. The number of aromatic nitrogens is 2. The predicted octanol–water partition coefficient (Wildman–Crippen LogP) is 2.44. The van der Waals surface area contributed by atoms with Gasteiger partial charge in [-0.2, -0.15) is 5.10 Å². The summed E-state index contributed by atoms with van der Waals surface area (Å²) >= 11 is 0. The Morgan fingerprint density at radius 2 is 2.20 bits per heavy atom. The number of methoxy groups -OCH3 is 1. The summed E-state index contributed by atoms with van der Waals surface area (Å²) < 4.78 is 18.2. The molecule has 0 bridgehead atoms. The van der Waals surface area contributed by atoms with Crippen molar-refractivity contribution < 1.29 is 19.0 Å². The van der Waals surface area contributed by atoms with E-state index in [0.717, 1.165) is 24.1 Å². The summed E-state index contributed by atoms with van der Waals surface area (Å²) in [5.41, 5.74) is 2.42. The number of amides is 1.